The predicted octanol–water partition coefficient (Wildman–Crippen LogP) is 3.33. The molecule has 1 aliphatic heterocycles. The maximum absolute atomic E-state index is 13.5. The summed E-state index contributed by atoms with van der Waals surface area (Å²) < 4.78 is 13.0. The van der Waals surface area contributed by atoms with Crippen LogP contribution >= 0.6 is 0 Å². The highest BCUT2D eigenvalue weighted by molar-refractivity contribution is 6.09. The van der Waals surface area contributed by atoms with Gasteiger partial charge in [-0.25, -0.2) is 9.18 Å². The maximum Gasteiger partial charge on any atom is 0.325 e. The van der Waals surface area contributed by atoms with Gasteiger partial charge in [-0.15, -0.1) is 0 Å². The molecule has 7 heteroatoms. The third kappa shape index (κ3) is 4.09. The summed E-state index contributed by atoms with van der Waals surface area (Å²) in [5.74, 6) is -1.09. The molecular formula is C25H22FN3O3. The van der Waals surface area contributed by atoms with E-state index < -0.39 is 17.5 Å². The van der Waals surface area contributed by atoms with E-state index >= 15 is 0 Å². The Kier molecular flexibility index (Phi) is 5.98. The van der Waals surface area contributed by atoms with Crippen LogP contribution in [0.4, 0.5) is 9.18 Å². The van der Waals surface area contributed by atoms with Crippen molar-refractivity contribution in [2.75, 3.05) is 6.54 Å². The fourth-order valence-corrected chi connectivity index (χ4v) is 3.82. The summed E-state index contributed by atoms with van der Waals surface area (Å²) in [6.07, 6.45) is -0.0417. The number of amides is 4. The first kappa shape index (κ1) is 21.2. The quantitative estimate of drug-likeness (QED) is 0.564. The van der Waals surface area contributed by atoms with E-state index in [2.05, 4.69) is 10.6 Å². The number of carbonyl (C=O) groups is 3. The Labute approximate surface area is 185 Å². The van der Waals surface area contributed by atoms with Crippen LogP contribution in [0, 0.1) is 5.82 Å². The number of urea groups is 1. The highest BCUT2D eigenvalue weighted by atomic mass is 19.1. The Balaban J connectivity index is 1.48. The molecule has 32 heavy (non-hydrogen) atoms. The highest BCUT2D eigenvalue weighted by Crippen LogP contribution is 2.35. The van der Waals surface area contributed by atoms with Crippen molar-refractivity contribution in [2.45, 2.75) is 18.5 Å². The molecule has 0 bridgehead atoms. The summed E-state index contributed by atoms with van der Waals surface area (Å²) in [7, 11) is 0. The fourth-order valence-electron chi connectivity index (χ4n) is 3.82. The van der Waals surface area contributed by atoms with Crippen molar-refractivity contribution >= 4 is 17.8 Å². The zero-order valence-electron chi connectivity index (χ0n) is 17.3. The van der Waals surface area contributed by atoms with Gasteiger partial charge in [-0.3, -0.25) is 14.5 Å². The van der Waals surface area contributed by atoms with Gasteiger partial charge in [0, 0.05) is 19.5 Å². The standard InChI is InChI=1S/C25H22FN3O3/c26-21-13-11-18(12-14-21)17-27-22(30)15-16-29-23(31)25(28-24(29)32,19-7-3-1-4-8-19)20-9-5-2-6-10-20/h1-14H,15-17H2,(H,27,30)(H,28,32). The molecule has 1 aliphatic rings. The molecule has 6 nitrogen and oxygen atoms in total. The second-order valence-corrected chi connectivity index (χ2v) is 7.52. The average Bonchev–Trinajstić information content (AvgIpc) is 3.09. The fraction of sp³-hybridized carbons (Fsp3) is 0.160. The lowest BCUT2D eigenvalue weighted by atomic mass is 9.82. The van der Waals surface area contributed by atoms with Crippen molar-refractivity contribution < 1.29 is 18.8 Å². The lowest BCUT2D eigenvalue weighted by Gasteiger charge is -2.28. The number of nitrogens with one attached hydrogen (secondary N) is 2. The van der Waals surface area contributed by atoms with E-state index in [9.17, 15) is 18.8 Å². The number of hydrogen-bond acceptors (Lipinski definition) is 3. The molecule has 3 aromatic carbocycles. The highest BCUT2D eigenvalue weighted by Gasteiger charge is 2.53. The SMILES string of the molecule is O=C(CCN1C(=O)NC(c2ccccc2)(c2ccccc2)C1=O)NCc1ccc(F)cc1. The second kappa shape index (κ2) is 9.01. The van der Waals surface area contributed by atoms with Crippen LogP contribution in [0.2, 0.25) is 0 Å². The van der Waals surface area contributed by atoms with Gasteiger partial charge in [0.15, 0.2) is 5.54 Å². The van der Waals surface area contributed by atoms with E-state index in [0.29, 0.717) is 11.1 Å². The summed E-state index contributed by atoms with van der Waals surface area (Å²) in [5, 5.41) is 5.58. The van der Waals surface area contributed by atoms with Gasteiger partial charge < -0.3 is 10.6 Å². The molecule has 3 aromatic rings. The second-order valence-electron chi connectivity index (χ2n) is 7.52. The lowest BCUT2D eigenvalue weighted by molar-refractivity contribution is -0.130. The molecule has 1 heterocycles. The first-order chi connectivity index (χ1) is 15.5. The molecule has 0 aromatic heterocycles. The molecule has 4 amide bonds. The summed E-state index contributed by atoms with van der Waals surface area (Å²) in [6.45, 7) is 0.179. The van der Waals surface area contributed by atoms with Gasteiger partial charge in [0.05, 0.1) is 0 Å². The lowest BCUT2D eigenvalue weighted by Crippen LogP contribution is -2.45. The van der Waals surface area contributed by atoms with Crippen molar-refractivity contribution in [3.63, 3.8) is 0 Å². The molecule has 0 atom stereocenters. The average molecular weight is 431 g/mol. The van der Waals surface area contributed by atoms with Crippen molar-refractivity contribution in [3.05, 3.63) is 107 Å². The molecule has 1 fully saturated rings. The van der Waals surface area contributed by atoms with Crippen LogP contribution in [0.5, 0.6) is 0 Å². The summed E-state index contributed by atoms with van der Waals surface area (Å²) in [4.78, 5) is 39.7. The van der Waals surface area contributed by atoms with Gasteiger partial charge in [-0.2, -0.15) is 0 Å². The van der Waals surface area contributed by atoms with Gasteiger partial charge in [0.1, 0.15) is 5.82 Å². The minimum Gasteiger partial charge on any atom is -0.352 e. The molecule has 0 spiro atoms. The topological polar surface area (TPSA) is 78.5 Å². The number of nitrogens with zero attached hydrogens (tertiary/aromatic N) is 1. The Morgan fingerprint density at radius 3 is 2.00 bits per heavy atom. The predicted molar refractivity (Wildman–Crippen MR) is 117 cm³/mol. The summed E-state index contributed by atoms with van der Waals surface area (Å²) in [5.41, 5.74) is 0.701. The Hall–Kier alpha value is -4.00. The molecule has 0 unspecified atom stereocenters. The number of imide groups is 1. The monoisotopic (exact) mass is 431 g/mol. The first-order valence-corrected chi connectivity index (χ1v) is 10.3. The van der Waals surface area contributed by atoms with Crippen LogP contribution < -0.4 is 10.6 Å². The number of halogens is 1. The third-order valence-electron chi connectivity index (χ3n) is 5.48. The molecule has 1 saturated heterocycles. The Morgan fingerprint density at radius 2 is 1.44 bits per heavy atom. The number of rotatable bonds is 7. The number of carbonyl (C=O) groups excluding carboxylic acids is 3. The van der Waals surface area contributed by atoms with Crippen LogP contribution in [0.15, 0.2) is 84.9 Å². The smallest absolute Gasteiger partial charge is 0.325 e. The Morgan fingerprint density at radius 1 is 0.875 bits per heavy atom. The van der Waals surface area contributed by atoms with Gasteiger partial charge in [0.25, 0.3) is 5.91 Å². The van der Waals surface area contributed by atoms with E-state index in [1.165, 1.54) is 12.1 Å². The van der Waals surface area contributed by atoms with Gasteiger partial charge in [0.2, 0.25) is 5.91 Å². The van der Waals surface area contributed by atoms with Crippen LogP contribution in [-0.2, 0) is 21.7 Å². The van der Waals surface area contributed by atoms with Gasteiger partial charge >= 0.3 is 6.03 Å². The van der Waals surface area contributed by atoms with Gasteiger partial charge in [-0.1, -0.05) is 72.8 Å². The molecule has 0 radical (unpaired) electrons. The van der Waals surface area contributed by atoms with Crippen molar-refractivity contribution in [1.29, 1.82) is 0 Å². The van der Waals surface area contributed by atoms with E-state index in [0.717, 1.165) is 10.5 Å². The van der Waals surface area contributed by atoms with E-state index in [4.69, 9.17) is 0 Å². The minimum absolute atomic E-state index is 0.0417. The van der Waals surface area contributed by atoms with Gasteiger partial charge in [-0.05, 0) is 28.8 Å². The first-order valence-electron chi connectivity index (χ1n) is 10.3. The van der Waals surface area contributed by atoms with Crippen molar-refractivity contribution in [1.82, 2.24) is 15.5 Å². The molecule has 0 saturated carbocycles. The van der Waals surface area contributed by atoms with E-state index in [1.54, 1.807) is 36.4 Å². The zero-order valence-corrected chi connectivity index (χ0v) is 17.3. The minimum atomic E-state index is -1.34. The zero-order chi connectivity index (χ0) is 22.6. The normalized spacial score (nSPS) is 14.8. The van der Waals surface area contributed by atoms with Crippen molar-refractivity contribution in [3.8, 4) is 0 Å². The van der Waals surface area contributed by atoms with Crippen molar-refractivity contribution in [2.24, 2.45) is 0 Å². The van der Waals surface area contributed by atoms with Crippen LogP contribution in [-0.4, -0.2) is 29.3 Å². The largest absolute Gasteiger partial charge is 0.352 e. The van der Waals surface area contributed by atoms with Crippen LogP contribution in [0.1, 0.15) is 23.1 Å². The molecule has 4 rings (SSSR count). The molecular weight excluding hydrogens is 409 g/mol. The molecule has 162 valence electrons. The maximum atomic E-state index is 13.5. The number of hydrogen-bond donors (Lipinski definition) is 2. The van der Waals surface area contributed by atoms with E-state index in [1.807, 2.05) is 36.4 Å². The molecule has 2 N–H and O–H groups in total. The van der Waals surface area contributed by atoms with Crippen LogP contribution in [0.25, 0.3) is 0 Å². The molecule has 0 aliphatic carbocycles. The summed E-state index contributed by atoms with van der Waals surface area (Å²) in [6, 6.07) is 23.4. The van der Waals surface area contributed by atoms with Crippen LogP contribution in [0.3, 0.4) is 0 Å². The summed E-state index contributed by atoms with van der Waals surface area (Å²) >= 11 is 0. The third-order valence-corrected chi connectivity index (χ3v) is 5.48. The van der Waals surface area contributed by atoms with E-state index in [-0.39, 0.29) is 31.2 Å². The Bertz CT molecular complexity index is 1080. The number of benzene rings is 3.